The molecule has 1 fully saturated rings. The van der Waals surface area contributed by atoms with Gasteiger partial charge in [-0.15, -0.1) is 0 Å². The van der Waals surface area contributed by atoms with E-state index in [1.807, 2.05) is 0 Å². The quantitative estimate of drug-likeness (QED) is 0.198. The number of hydrogen-bond acceptors (Lipinski definition) is 9. The highest BCUT2D eigenvalue weighted by atomic mass is 31.2. The Morgan fingerprint density at radius 1 is 1.32 bits per heavy atom. The van der Waals surface area contributed by atoms with Gasteiger partial charge in [0.15, 0.2) is 12.4 Å². The Labute approximate surface area is 142 Å². The highest BCUT2D eigenvalue weighted by molar-refractivity contribution is 7.46. The van der Waals surface area contributed by atoms with Crippen molar-refractivity contribution in [3.63, 3.8) is 0 Å². The van der Waals surface area contributed by atoms with Gasteiger partial charge in [-0.1, -0.05) is 0 Å². The van der Waals surface area contributed by atoms with Gasteiger partial charge < -0.3 is 39.9 Å². The Morgan fingerprint density at radius 3 is 2.36 bits per heavy atom. The Morgan fingerprint density at radius 2 is 1.92 bits per heavy atom. The molecule has 6 N–H and O–H groups in total. The van der Waals surface area contributed by atoms with Crippen molar-refractivity contribution in [3.8, 4) is 0 Å². The zero-order valence-electron chi connectivity index (χ0n) is 13.5. The fourth-order valence-corrected chi connectivity index (χ4v) is 2.92. The lowest BCUT2D eigenvalue weighted by atomic mass is 9.96. The van der Waals surface area contributed by atoms with Gasteiger partial charge in [0.25, 0.3) is 0 Å². The zero-order chi connectivity index (χ0) is 19.4. The Kier molecular flexibility index (Phi) is 7.90. The van der Waals surface area contributed by atoms with Crippen molar-refractivity contribution in [2.75, 3.05) is 6.61 Å². The van der Waals surface area contributed by atoms with Gasteiger partial charge in [-0.25, -0.2) is 4.57 Å². The molecule has 0 bridgehead atoms. The van der Waals surface area contributed by atoms with E-state index in [2.05, 4.69) is 9.84 Å². The number of esters is 1. The number of aliphatic hydroxyl groups is 3. The summed E-state index contributed by atoms with van der Waals surface area (Å²) in [6.07, 6.45) is -7.78. The monoisotopic (exact) mass is 387 g/mol. The first kappa shape index (κ1) is 21.9. The van der Waals surface area contributed by atoms with Crippen LogP contribution in [0.1, 0.15) is 20.3 Å². The van der Waals surface area contributed by atoms with Crippen molar-refractivity contribution in [3.05, 3.63) is 0 Å². The second kappa shape index (κ2) is 9.01. The van der Waals surface area contributed by atoms with E-state index >= 15 is 0 Å². The molecule has 0 aromatic carbocycles. The van der Waals surface area contributed by atoms with Gasteiger partial charge in [-0.3, -0.25) is 14.1 Å². The molecule has 1 saturated heterocycles. The van der Waals surface area contributed by atoms with Gasteiger partial charge in [-0.05, 0) is 6.92 Å². The number of carbonyl (C=O) groups excluding carboxylic acids is 2. The predicted octanol–water partition coefficient (Wildman–Crippen LogP) is -2.64. The highest BCUT2D eigenvalue weighted by Crippen LogP contribution is 2.41. The van der Waals surface area contributed by atoms with Crippen LogP contribution in [0.3, 0.4) is 0 Å². The minimum Gasteiger partial charge on any atom is -0.457 e. The largest absolute Gasteiger partial charge is 0.470 e. The first-order valence-corrected chi connectivity index (χ1v) is 8.80. The summed E-state index contributed by atoms with van der Waals surface area (Å²) in [5.41, 5.74) is 0. The lowest BCUT2D eigenvalue weighted by Gasteiger charge is -2.43. The molecule has 0 unspecified atom stereocenters. The molecule has 12 nitrogen and oxygen atoms in total. The van der Waals surface area contributed by atoms with Crippen molar-refractivity contribution in [2.45, 2.75) is 57.0 Å². The maximum absolute atomic E-state index is 11.8. The molecule has 1 amide bonds. The smallest absolute Gasteiger partial charge is 0.457 e. The minimum absolute atomic E-state index is 0.344. The van der Waals surface area contributed by atoms with E-state index < -0.39 is 63.1 Å². The Balaban J connectivity index is 3.11. The molecular formula is C12H22NO11P. The van der Waals surface area contributed by atoms with Crippen LogP contribution in [-0.2, 0) is 28.2 Å². The maximum atomic E-state index is 11.8. The summed E-state index contributed by atoms with van der Waals surface area (Å²) in [5.74, 6) is -1.62. The lowest BCUT2D eigenvalue weighted by molar-refractivity contribution is -0.255. The van der Waals surface area contributed by atoms with Gasteiger partial charge in [0, 0.05) is 6.92 Å². The number of aliphatic hydroxyl groups excluding tert-OH is 3. The molecule has 6 atom stereocenters. The lowest BCUT2D eigenvalue weighted by Crippen LogP contribution is -2.65. The summed E-state index contributed by atoms with van der Waals surface area (Å²) >= 11 is 0. The number of phosphoric acid groups is 1. The molecule has 0 aromatic rings. The maximum Gasteiger partial charge on any atom is 0.470 e. The van der Waals surface area contributed by atoms with Gasteiger partial charge >= 0.3 is 13.8 Å². The summed E-state index contributed by atoms with van der Waals surface area (Å²) in [6.45, 7) is 1.53. The third-order valence-corrected chi connectivity index (χ3v) is 3.73. The second-order valence-electron chi connectivity index (χ2n) is 5.53. The minimum atomic E-state index is -5.09. The van der Waals surface area contributed by atoms with E-state index in [4.69, 9.17) is 19.3 Å². The SMILES string of the molecule is CC(=O)O[C@@H]1[C@@H](NC(=O)C[C@@H](C)O)[C@H](O)O[C@H](CO)[C@H]1OP(=O)(O)O. The van der Waals surface area contributed by atoms with Gasteiger partial charge in [-0.2, -0.15) is 0 Å². The van der Waals surface area contributed by atoms with Crippen molar-refractivity contribution in [1.82, 2.24) is 5.32 Å². The second-order valence-corrected chi connectivity index (χ2v) is 6.72. The summed E-state index contributed by atoms with van der Waals surface area (Å²) in [6, 6.07) is -1.45. The number of rotatable bonds is 7. The van der Waals surface area contributed by atoms with E-state index in [0.717, 1.165) is 6.92 Å². The highest BCUT2D eigenvalue weighted by Gasteiger charge is 2.50. The number of hydrogen-bond donors (Lipinski definition) is 6. The Bertz CT molecular complexity index is 521. The summed E-state index contributed by atoms with van der Waals surface area (Å²) in [4.78, 5) is 41.2. The summed E-state index contributed by atoms with van der Waals surface area (Å²) in [7, 11) is -5.09. The van der Waals surface area contributed by atoms with E-state index in [-0.39, 0.29) is 6.42 Å². The first-order valence-electron chi connectivity index (χ1n) is 7.27. The van der Waals surface area contributed by atoms with Crippen LogP contribution in [-0.4, -0.2) is 80.3 Å². The third kappa shape index (κ3) is 6.96. The molecule has 0 saturated carbocycles. The van der Waals surface area contributed by atoms with Crippen LogP contribution in [0.5, 0.6) is 0 Å². The number of ether oxygens (including phenoxy) is 2. The summed E-state index contributed by atoms with van der Waals surface area (Å²) < 4.78 is 25.6. The Hall–Kier alpha value is -1.11. The van der Waals surface area contributed by atoms with E-state index in [1.165, 1.54) is 6.92 Å². The van der Waals surface area contributed by atoms with Crippen molar-refractivity contribution >= 4 is 19.7 Å². The molecule has 0 spiro atoms. The number of amides is 1. The van der Waals surface area contributed by atoms with Crippen LogP contribution in [0.25, 0.3) is 0 Å². The first-order chi connectivity index (χ1) is 11.4. The fourth-order valence-electron chi connectivity index (χ4n) is 2.35. The van der Waals surface area contributed by atoms with E-state index in [9.17, 15) is 29.5 Å². The fraction of sp³-hybridized carbons (Fsp3) is 0.833. The van der Waals surface area contributed by atoms with Crippen LogP contribution in [0.4, 0.5) is 0 Å². The number of phosphoric ester groups is 1. The molecule has 0 radical (unpaired) electrons. The molecule has 1 rings (SSSR count). The average molecular weight is 387 g/mol. The van der Waals surface area contributed by atoms with Crippen molar-refractivity contribution < 1.29 is 53.3 Å². The molecule has 0 aromatic heterocycles. The molecule has 13 heteroatoms. The molecule has 25 heavy (non-hydrogen) atoms. The summed E-state index contributed by atoms with van der Waals surface area (Å²) in [5, 5.41) is 30.8. The van der Waals surface area contributed by atoms with E-state index in [0.29, 0.717) is 0 Å². The molecule has 1 aliphatic heterocycles. The molecular weight excluding hydrogens is 365 g/mol. The van der Waals surface area contributed by atoms with Crippen molar-refractivity contribution in [2.24, 2.45) is 0 Å². The number of nitrogens with one attached hydrogen (secondary N) is 1. The van der Waals surface area contributed by atoms with Crippen LogP contribution in [0.2, 0.25) is 0 Å². The van der Waals surface area contributed by atoms with Crippen LogP contribution in [0, 0.1) is 0 Å². The van der Waals surface area contributed by atoms with Gasteiger partial charge in [0.2, 0.25) is 5.91 Å². The molecule has 1 aliphatic rings. The third-order valence-electron chi connectivity index (χ3n) is 3.22. The van der Waals surface area contributed by atoms with Crippen LogP contribution >= 0.6 is 7.82 Å². The van der Waals surface area contributed by atoms with E-state index in [1.54, 1.807) is 0 Å². The van der Waals surface area contributed by atoms with Gasteiger partial charge in [0.1, 0.15) is 18.2 Å². The molecule has 146 valence electrons. The van der Waals surface area contributed by atoms with Crippen LogP contribution < -0.4 is 5.32 Å². The molecule has 1 heterocycles. The average Bonchev–Trinajstić information content (AvgIpc) is 2.42. The molecule has 0 aliphatic carbocycles. The van der Waals surface area contributed by atoms with Crippen LogP contribution in [0.15, 0.2) is 0 Å². The number of carbonyl (C=O) groups is 2. The zero-order valence-corrected chi connectivity index (χ0v) is 14.4. The van der Waals surface area contributed by atoms with Crippen molar-refractivity contribution in [1.29, 1.82) is 0 Å². The predicted molar refractivity (Wildman–Crippen MR) is 78.7 cm³/mol. The normalized spacial score (nSPS) is 31.2. The van der Waals surface area contributed by atoms with Gasteiger partial charge in [0.05, 0.1) is 19.1 Å². The topological polar surface area (TPSA) is 192 Å². The standard InChI is InChI=1S/C12H22NO11P/c1-5(15)3-8(17)13-9-11(22-6(2)16)10(24-25(19,20)21)7(4-14)23-12(9)18/h5,7,9-12,14-15,18H,3-4H2,1-2H3,(H,13,17)(H2,19,20,21)/t5-,7-,9-,10-,11-,12-/m1/s1.